The minimum Gasteiger partial charge on any atom is -0.351 e. The van der Waals surface area contributed by atoms with Crippen molar-refractivity contribution in [1.82, 2.24) is 43.7 Å². The van der Waals surface area contributed by atoms with E-state index in [1.807, 2.05) is 37.3 Å². The van der Waals surface area contributed by atoms with E-state index >= 15 is 0 Å². The van der Waals surface area contributed by atoms with Gasteiger partial charge in [-0.05, 0) is 127 Å². The highest BCUT2D eigenvalue weighted by Gasteiger charge is 2.22. The molecule has 0 radical (unpaired) electrons. The molecule has 1 aromatic carbocycles. The minimum atomic E-state index is -0.441. The summed E-state index contributed by atoms with van der Waals surface area (Å²) in [6.45, 7) is 12.2. The number of anilines is 4. The zero-order valence-electron chi connectivity index (χ0n) is 42.8. The number of aromatic amines is 1. The van der Waals surface area contributed by atoms with Gasteiger partial charge in [-0.1, -0.05) is 27.7 Å². The van der Waals surface area contributed by atoms with Crippen molar-refractivity contribution in [3.8, 4) is 0 Å². The molecule has 19 heteroatoms. The van der Waals surface area contributed by atoms with E-state index in [2.05, 4.69) is 74.4 Å². The van der Waals surface area contributed by atoms with Crippen LogP contribution in [-0.4, -0.2) is 123 Å². The highest BCUT2D eigenvalue weighted by molar-refractivity contribution is 6.11. The van der Waals surface area contributed by atoms with Crippen molar-refractivity contribution >= 4 is 69.1 Å². The lowest BCUT2D eigenvalue weighted by Crippen LogP contribution is -2.28. The topological polar surface area (TPSA) is 217 Å². The summed E-state index contributed by atoms with van der Waals surface area (Å²) in [6, 6.07) is 13.2. The Bertz CT molecular complexity index is 2700. The summed E-state index contributed by atoms with van der Waals surface area (Å²) < 4.78 is 6.97. The van der Waals surface area contributed by atoms with Gasteiger partial charge >= 0.3 is 0 Å². The number of aromatic nitrogens is 5. The predicted octanol–water partition coefficient (Wildman–Crippen LogP) is 6.91. The maximum Gasteiger partial charge on any atom is 0.272 e. The fourth-order valence-electron chi connectivity index (χ4n) is 7.98. The standard InChI is InChI=1S/C52H71N13O6/c1-33(2)15-21-64-31-39(27-45(64)51(70)57-37-25-43(62(9)29-37)49(68)53-17-11-19-60(5)6)55-47(66)35-13-14-41-36(23-35)24-42(59-41)48(67)56-40-28-46(65(32-40)22-16-34(3)4)52(71)58-38-26-44(63(10)30-38)50(69)54-18-12-20-61(7)8/h13-14,23-34,59H,11-12,15-22H2,1-10H3,(H,53,68)(H,54,69)(H,55,66)(H,56,67)(H,57,70)(H,58,71). The molecule has 0 aliphatic heterocycles. The van der Waals surface area contributed by atoms with Gasteiger partial charge in [0.05, 0.1) is 22.7 Å². The Morgan fingerprint density at radius 3 is 1.39 bits per heavy atom. The van der Waals surface area contributed by atoms with Gasteiger partial charge in [0.2, 0.25) is 0 Å². The van der Waals surface area contributed by atoms with Gasteiger partial charge < -0.3 is 65.0 Å². The zero-order chi connectivity index (χ0) is 51.5. The molecule has 0 saturated heterocycles. The molecule has 0 unspecified atom stereocenters. The molecular weight excluding hydrogens is 903 g/mol. The van der Waals surface area contributed by atoms with E-state index in [1.165, 1.54) is 0 Å². The summed E-state index contributed by atoms with van der Waals surface area (Å²) >= 11 is 0. The third-order valence-electron chi connectivity index (χ3n) is 11.9. The molecule has 0 fully saturated rings. The van der Waals surface area contributed by atoms with Crippen LogP contribution in [0.25, 0.3) is 10.9 Å². The summed E-state index contributed by atoms with van der Waals surface area (Å²) in [5.41, 5.74) is 4.51. The monoisotopic (exact) mass is 974 g/mol. The molecule has 6 aromatic rings. The van der Waals surface area contributed by atoms with E-state index in [9.17, 15) is 28.8 Å². The summed E-state index contributed by atoms with van der Waals surface area (Å²) in [5, 5.41) is 18.2. The number of amides is 6. The molecule has 0 aliphatic carbocycles. The fourth-order valence-corrected chi connectivity index (χ4v) is 7.98. The highest BCUT2D eigenvalue weighted by Crippen LogP contribution is 2.25. The first-order chi connectivity index (χ1) is 33.7. The molecule has 0 aliphatic rings. The van der Waals surface area contributed by atoms with Gasteiger partial charge in [-0.2, -0.15) is 0 Å². The Morgan fingerprint density at radius 1 is 0.521 bits per heavy atom. The van der Waals surface area contributed by atoms with Crippen molar-refractivity contribution in [2.45, 2.75) is 66.5 Å². The van der Waals surface area contributed by atoms with Gasteiger partial charge in [0.15, 0.2) is 0 Å². The van der Waals surface area contributed by atoms with Gasteiger partial charge in [0.25, 0.3) is 35.4 Å². The van der Waals surface area contributed by atoms with Gasteiger partial charge in [-0.25, -0.2) is 0 Å². The molecule has 6 amide bonds. The number of aryl methyl sites for hydroxylation is 4. The van der Waals surface area contributed by atoms with E-state index < -0.39 is 17.7 Å². The van der Waals surface area contributed by atoms with Crippen molar-refractivity contribution in [1.29, 1.82) is 0 Å². The van der Waals surface area contributed by atoms with Crippen molar-refractivity contribution in [2.75, 3.05) is 75.6 Å². The molecule has 71 heavy (non-hydrogen) atoms. The molecule has 6 rings (SSSR count). The van der Waals surface area contributed by atoms with Crippen LogP contribution in [0.5, 0.6) is 0 Å². The van der Waals surface area contributed by atoms with E-state index in [4.69, 9.17) is 0 Å². The summed E-state index contributed by atoms with van der Waals surface area (Å²) in [5.74, 6) is -1.38. The summed E-state index contributed by atoms with van der Waals surface area (Å²) in [7, 11) is 11.4. The van der Waals surface area contributed by atoms with E-state index in [1.54, 1.807) is 96.5 Å². The SMILES string of the molecule is CC(C)CCn1cc(NC(=O)c2ccc3[nH]c(C(=O)Nc4cc(C(=O)Nc5cc(C(=O)NCCCN(C)C)n(C)c5)n(CCC(C)C)c4)cc3c2)cc1C(=O)Nc1cc(C(=O)NCCCN(C)C)n(C)c1. The maximum atomic E-state index is 13.7. The molecule has 0 spiro atoms. The van der Waals surface area contributed by atoms with E-state index in [0.29, 0.717) is 100 Å². The number of benzene rings is 1. The number of hydrogen-bond donors (Lipinski definition) is 7. The second-order valence-corrected chi connectivity index (χ2v) is 19.6. The molecule has 380 valence electrons. The van der Waals surface area contributed by atoms with Crippen LogP contribution < -0.4 is 31.9 Å². The third-order valence-corrected chi connectivity index (χ3v) is 11.9. The first kappa shape index (κ1) is 53.0. The number of nitrogens with zero attached hydrogens (tertiary/aromatic N) is 6. The van der Waals surface area contributed by atoms with Crippen LogP contribution >= 0.6 is 0 Å². The quantitative estimate of drug-likeness (QED) is 0.0316. The first-order valence-electron chi connectivity index (χ1n) is 24.2. The average Bonchev–Trinajstić information content (AvgIpc) is 4.15. The van der Waals surface area contributed by atoms with Crippen LogP contribution in [0.2, 0.25) is 0 Å². The maximum absolute atomic E-state index is 13.7. The van der Waals surface area contributed by atoms with Crippen LogP contribution in [-0.2, 0) is 27.2 Å². The first-order valence-corrected chi connectivity index (χ1v) is 24.2. The Morgan fingerprint density at radius 2 is 0.944 bits per heavy atom. The lowest BCUT2D eigenvalue weighted by molar-refractivity contribution is 0.0936. The van der Waals surface area contributed by atoms with Crippen LogP contribution in [0.3, 0.4) is 0 Å². The van der Waals surface area contributed by atoms with Crippen LogP contribution in [0.15, 0.2) is 73.3 Å². The molecule has 0 atom stereocenters. The molecule has 0 saturated carbocycles. The number of hydrogen-bond acceptors (Lipinski definition) is 8. The number of fused-ring (bicyclic) bond motifs is 1. The van der Waals surface area contributed by atoms with Gasteiger partial charge in [-0.3, -0.25) is 28.8 Å². The molecule has 19 nitrogen and oxygen atoms in total. The Labute approximate surface area is 415 Å². The zero-order valence-corrected chi connectivity index (χ0v) is 42.8. The second kappa shape index (κ2) is 24.0. The van der Waals surface area contributed by atoms with E-state index in [-0.39, 0.29) is 23.4 Å². The minimum absolute atomic E-state index is 0.232. The van der Waals surface area contributed by atoms with Gasteiger partial charge in [0.1, 0.15) is 28.5 Å². The smallest absolute Gasteiger partial charge is 0.272 e. The molecule has 0 bridgehead atoms. The molecule has 5 heterocycles. The molecular formula is C52H71N13O6. The highest BCUT2D eigenvalue weighted by atomic mass is 16.2. The number of H-pyrrole nitrogens is 1. The van der Waals surface area contributed by atoms with E-state index in [0.717, 1.165) is 38.8 Å². The van der Waals surface area contributed by atoms with Gasteiger partial charge in [0, 0.05) is 81.5 Å². The Kier molecular flexibility index (Phi) is 17.9. The molecule has 7 N–H and O–H groups in total. The van der Waals surface area contributed by atoms with Crippen LogP contribution in [0.1, 0.15) is 116 Å². The normalized spacial score (nSPS) is 11.5. The van der Waals surface area contributed by atoms with Crippen molar-refractivity contribution < 1.29 is 28.8 Å². The van der Waals surface area contributed by atoms with Crippen molar-refractivity contribution in [3.05, 3.63) is 107 Å². The van der Waals surface area contributed by atoms with Crippen molar-refractivity contribution in [2.24, 2.45) is 25.9 Å². The van der Waals surface area contributed by atoms with Gasteiger partial charge in [-0.15, -0.1) is 0 Å². The molecule has 5 aromatic heterocycles. The average molecular weight is 974 g/mol. The lowest BCUT2D eigenvalue weighted by atomic mass is 10.1. The summed E-state index contributed by atoms with van der Waals surface area (Å²) in [4.78, 5) is 88.0. The van der Waals surface area contributed by atoms with Crippen LogP contribution in [0.4, 0.5) is 22.7 Å². The van der Waals surface area contributed by atoms with Crippen LogP contribution in [0, 0.1) is 11.8 Å². The Hall–Kier alpha value is -7.38. The second-order valence-electron chi connectivity index (χ2n) is 19.6. The number of rotatable bonds is 24. The number of nitrogens with one attached hydrogen (secondary N) is 7. The lowest BCUT2D eigenvalue weighted by Gasteiger charge is -2.10. The summed E-state index contributed by atoms with van der Waals surface area (Å²) in [6.07, 6.45) is 10.0. The predicted molar refractivity (Wildman–Crippen MR) is 280 cm³/mol. The Balaban J connectivity index is 1.12. The van der Waals surface area contributed by atoms with Crippen molar-refractivity contribution in [3.63, 3.8) is 0 Å². The third kappa shape index (κ3) is 14.6. The number of carbonyl (C=O) groups excluding carboxylic acids is 6. The largest absolute Gasteiger partial charge is 0.351 e. The fraction of sp³-hybridized carbons (Fsp3) is 0.423. The number of carbonyl (C=O) groups is 6.